The first-order valence-electron chi connectivity index (χ1n) is 14.0. The molecule has 8 nitrogen and oxygen atoms in total. The van der Waals surface area contributed by atoms with Gasteiger partial charge in [0.2, 0.25) is 5.95 Å². The third-order valence-electron chi connectivity index (χ3n) is 8.08. The molecular formula is C32H39N7O. The van der Waals surface area contributed by atoms with Gasteiger partial charge >= 0.3 is 6.03 Å². The molecule has 0 aliphatic carbocycles. The first-order chi connectivity index (χ1) is 19.3. The Morgan fingerprint density at radius 2 is 1.75 bits per heavy atom. The number of urea groups is 1. The molecule has 0 saturated carbocycles. The summed E-state index contributed by atoms with van der Waals surface area (Å²) >= 11 is 0. The highest BCUT2D eigenvalue weighted by Gasteiger charge is 2.31. The second-order valence-corrected chi connectivity index (χ2v) is 11.3. The maximum absolute atomic E-state index is 12.8. The Morgan fingerprint density at radius 3 is 2.45 bits per heavy atom. The normalized spacial score (nSPS) is 14.5. The van der Waals surface area contributed by atoms with Crippen molar-refractivity contribution in [1.82, 2.24) is 29.7 Å². The maximum atomic E-state index is 12.8. The number of hydrogen-bond acceptors (Lipinski definition) is 5. The van der Waals surface area contributed by atoms with Crippen molar-refractivity contribution in [3.05, 3.63) is 107 Å². The van der Waals surface area contributed by atoms with Crippen molar-refractivity contribution in [2.75, 3.05) is 18.4 Å². The van der Waals surface area contributed by atoms with Gasteiger partial charge in [-0.1, -0.05) is 56.3 Å². The Bertz CT molecular complexity index is 1410. The highest BCUT2D eigenvalue weighted by atomic mass is 16.2. The number of hydrogen-bond donors (Lipinski definition) is 2. The third-order valence-corrected chi connectivity index (χ3v) is 8.08. The van der Waals surface area contributed by atoms with Crippen LogP contribution in [0.2, 0.25) is 0 Å². The monoisotopic (exact) mass is 537 g/mol. The summed E-state index contributed by atoms with van der Waals surface area (Å²) in [7, 11) is 0. The number of aromatic amines is 1. The number of H-pyrrole nitrogens is 1. The van der Waals surface area contributed by atoms with Crippen LogP contribution in [0.15, 0.2) is 73.3 Å². The van der Waals surface area contributed by atoms with Gasteiger partial charge in [0.15, 0.2) is 0 Å². The molecule has 2 amide bonds. The largest absolute Gasteiger partial charge is 0.331 e. The van der Waals surface area contributed by atoms with Gasteiger partial charge in [0.1, 0.15) is 0 Å². The van der Waals surface area contributed by atoms with Crippen molar-refractivity contribution in [1.29, 1.82) is 0 Å². The summed E-state index contributed by atoms with van der Waals surface area (Å²) in [6, 6.07) is 17.3. The third kappa shape index (κ3) is 6.23. The van der Waals surface area contributed by atoms with Crippen LogP contribution in [0.1, 0.15) is 60.3 Å². The average Bonchev–Trinajstić information content (AvgIpc) is 3.48. The lowest BCUT2D eigenvalue weighted by molar-refractivity contribution is 0.106. The van der Waals surface area contributed by atoms with Crippen LogP contribution >= 0.6 is 0 Å². The van der Waals surface area contributed by atoms with Crippen molar-refractivity contribution < 1.29 is 4.79 Å². The molecule has 0 spiro atoms. The lowest BCUT2D eigenvalue weighted by Gasteiger charge is -2.39. The van der Waals surface area contributed by atoms with E-state index < -0.39 is 0 Å². The first kappa shape index (κ1) is 27.5. The number of anilines is 1. The van der Waals surface area contributed by atoms with Gasteiger partial charge in [0.25, 0.3) is 0 Å². The van der Waals surface area contributed by atoms with Crippen LogP contribution in [0.4, 0.5) is 10.7 Å². The predicted octanol–water partition coefficient (Wildman–Crippen LogP) is 5.84. The quantitative estimate of drug-likeness (QED) is 0.295. The molecule has 1 fully saturated rings. The van der Waals surface area contributed by atoms with Crippen molar-refractivity contribution in [2.45, 2.75) is 65.1 Å². The molecule has 1 aliphatic rings. The lowest BCUT2D eigenvalue weighted by Crippen LogP contribution is -2.48. The van der Waals surface area contributed by atoms with E-state index >= 15 is 0 Å². The van der Waals surface area contributed by atoms with Gasteiger partial charge in [-0.2, -0.15) is 0 Å². The fourth-order valence-corrected chi connectivity index (χ4v) is 5.70. The topological polar surface area (TPSA) is 90.0 Å². The summed E-state index contributed by atoms with van der Waals surface area (Å²) < 4.78 is 0. The van der Waals surface area contributed by atoms with E-state index in [1.807, 2.05) is 23.4 Å². The van der Waals surface area contributed by atoms with E-state index in [2.05, 4.69) is 90.3 Å². The van der Waals surface area contributed by atoms with Gasteiger partial charge in [-0.15, -0.1) is 0 Å². The number of amides is 2. The molecule has 40 heavy (non-hydrogen) atoms. The molecule has 4 aromatic rings. The number of imidazole rings is 1. The van der Waals surface area contributed by atoms with E-state index in [1.54, 1.807) is 12.4 Å². The molecule has 8 heteroatoms. The number of nitrogens with zero attached hydrogens (tertiary/aromatic N) is 5. The molecule has 3 aromatic heterocycles. The van der Waals surface area contributed by atoms with Crippen LogP contribution < -0.4 is 5.32 Å². The summed E-state index contributed by atoms with van der Waals surface area (Å²) in [5.74, 6) is 0.471. The van der Waals surface area contributed by atoms with Gasteiger partial charge in [-0.3, -0.25) is 20.2 Å². The number of rotatable bonds is 8. The summed E-state index contributed by atoms with van der Waals surface area (Å²) in [6.07, 6.45) is 8.93. The zero-order valence-corrected chi connectivity index (χ0v) is 23.9. The summed E-state index contributed by atoms with van der Waals surface area (Å²) in [4.78, 5) is 34.0. The number of likely N-dealkylation sites (tertiary alicyclic amines) is 1. The molecule has 1 aromatic carbocycles. The van der Waals surface area contributed by atoms with Crippen molar-refractivity contribution in [3.8, 4) is 0 Å². The number of nitrogens with one attached hydrogen (secondary N) is 2. The van der Waals surface area contributed by atoms with E-state index in [4.69, 9.17) is 9.97 Å². The van der Waals surface area contributed by atoms with Crippen molar-refractivity contribution in [3.63, 3.8) is 0 Å². The number of aromatic nitrogens is 4. The van der Waals surface area contributed by atoms with Gasteiger partial charge in [0, 0.05) is 62.4 Å². The lowest BCUT2D eigenvalue weighted by atomic mass is 9.77. The van der Waals surface area contributed by atoms with Gasteiger partial charge in [-0.25, -0.2) is 9.78 Å². The minimum atomic E-state index is -0.193. The summed E-state index contributed by atoms with van der Waals surface area (Å²) in [5, 5.41) is 2.85. The fourth-order valence-electron chi connectivity index (χ4n) is 5.70. The Kier molecular flexibility index (Phi) is 8.26. The van der Waals surface area contributed by atoms with Gasteiger partial charge in [-0.05, 0) is 55.0 Å². The zero-order valence-electron chi connectivity index (χ0n) is 23.9. The summed E-state index contributed by atoms with van der Waals surface area (Å²) in [5.41, 5.74) is 6.84. The molecule has 4 heterocycles. The van der Waals surface area contributed by atoms with Gasteiger partial charge in [0.05, 0.1) is 11.4 Å². The standard InChI is InChI=1S/C32H39N7O/c1-23-19-24(2)28(36-20-23)21-39(26-12-17-38(18-13-26)31(40)37-30-34-15-16-35-30)22-29-27(11-8-14-33-29)32(3,4)25-9-6-5-7-10-25/h5-11,14-16,19-20,26H,12-13,17-18,21-22H2,1-4H3,(H2,34,35,37,40). The smallest absolute Gasteiger partial charge is 0.324 e. The Balaban J connectivity index is 1.38. The highest BCUT2D eigenvalue weighted by Crippen LogP contribution is 2.34. The Morgan fingerprint density at radius 1 is 1.00 bits per heavy atom. The first-order valence-corrected chi connectivity index (χ1v) is 14.0. The molecule has 0 unspecified atom stereocenters. The Hall–Kier alpha value is -4.04. The highest BCUT2D eigenvalue weighted by molar-refractivity contribution is 5.87. The molecule has 0 radical (unpaired) electrons. The van der Waals surface area contributed by atoms with Crippen LogP contribution in [-0.4, -0.2) is 54.9 Å². The van der Waals surface area contributed by atoms with Crippen LogP contribution in [0.3, 0.4) is 0 Å². The number of benzene rings is 1. The fraction of sp³-hybridized carbons (Fsp3) is 0.375. The average molecular weight is 538 g/mol. The van der Waals surface area contributed by atoms with E-state index in [-0.39, 0.29) is 11.4 Å². The number of carbonyl (C=O) groups is 1. The SMILES string of the molecule is Cc1cnc(CN(Cc2ncccc2C(C)(C)c2ccccc2)C2CCN(C(=O)Nc3ncc[nH]3)CC2)c(C)c1. The molecule has 5 rings (SSSR count). The maximum Gasteiger partial charge on any atom is 0.324 e. The second kappa shape index (κ2) is 12.0. The second-order valence-electron chi connectivity index (χ2n) is 11.3. The molecular weight excluding hydrogens is 498 g/mol. The number of carbonyl (C=O) groups excluding carboxylic acids is 1. The van der Waals surface area contributed by atoms with Gasteiger partial charge < -0.3 is 9.88 Å². The number of aryl methyl sites for hydroxylation is 2. The molecule has 0 atom stereocenters. The van der Waals surface area contributed by atoms with Crippen LogP contribution in [0, 0.1) is 13.8 Å². The molecule has 0 bridgehead atoms. The molecule has 2 N–H and O–H groups in total. The molecule has 1 saturated heterocycles. The Labute approximate surface area is 236 Å². The van der Waals surface area contributed by atoms with E-state index in [9.17, 15) is 4.79 Å². The zero-order chi connectivity index (χ0) is 28.1. The van der Waals surface area contributed by atoms with Crippen LogP contribution in [0.5, 0.6) is 0 Å². The summed E-state index contributed by atoms with van der Waals surface area (Å²) in [6.45, 7) is 11.6. The molecule has 208 valence electrons. The van der Waals surface area contributed by atoms with Crippen LogP contribution in [0.25, 0.3) is 0 Å². The number of pyridine rings is 2. The van der Waals surface area contributed by atoms with Crippen molar-refractivity contribution >= 4 is 12.0 Å². The van der Waals surface area contributed by atoms with Crippen molar-refractivity contribution in [2.24, 2.45) is 0 Å². The number of piperidine rings is 1. The van der Waals surface area contributed by atoms with Crippen LogP contribution in [-0.2, 0) is 18.5 Å². The minimum Gasteiger partial charge on any atom is -0.331 e. The van der Waals surface area contributed by atoms with E-state index in [0.717, 1.165) is 30.8 Å². The predicted molar refractivity (Wildman–Crippen MR) is 158 cm³/mol. The van der Waals surface area contributed by atoms with E-state index in [0.29, 0.717) is 31.6 Å². The van der Waals surface area contributed by atoms with E-state index in [1.165, 1.54) is 22.3 Å². The molecule has 1 aliphatic heterocycles. The minimum absolute atomic E-state index is 0.118.